The van der Waals surface area contributed by atoms with Crippen molar-refractivity contribution in [2.75, 3.05) is 33.7 Å². The maximum Gasteiger partial charge on any atom is 0.254 e. The first-order valence-corrected chi connectivity index (χ1v) is 9.98. The van der Waals surface area contributed by atoms with Crippen molar-refractivity contribution < 1.29 is 4.79 Å². The molecule has 5 nitrogen and oxygen atoms in total. The second kappa shape index (κ2) is 8.70. The first-order valence-electron chi connectivity index (χ1n) is 9.98. The molecule has 3 rings (SSSR count). The number of nitrogens with zero attached hydrogens (tertiary/aromatic N) is 4. The Morgan fingerprint density at radius 3 is 2.89 bits per heavy atom. The van der Waals surface area contributed by atoms with Gasteiger partial charge in [-0.05, 0) is 70.9 Å². The zero-order valence-corrected chi connectivity index (χ0v) is 17.1. The Kier molecular flexibility index (Phi) is 6.32. The highest BCUT2D eigenvalue weighted by atomic mass is 16.2. The molecule has 1 aliphatic heterocycles. The van der Waals surface area contributed by atoms with E-state index in [0.29, 0.717) is 5.92 Å². The van der Waals surface area contributed by atoms with Crippen molar-refractivity contribution in [3.8, 4) is 0 Å². The van der Waals surface area contributed by atoms with Gasteiger partial charge in [0.25, 0.3) is 5.91 Å². The second-order valence-electron chi connectivity index (χ2n) is 7.97. The number of carbonyl (C=O) groups is 1. The number of aromatic nitrogens is 2. The molecule has 1 atom stereocenters. The molecule has 0 aliphatic carbocycles. The molecule has 146 valence electrons. The lowest BCUT2D eigenvalue weighted by Gasteiger charge is -2.33. The summed E-state index contributed by atoms with van der Waals surface area (Å²) in [4.78, 5) is 22.0. The Balaban J connectivity index is 1.70. The summed E-state index contributed by atoms with van der Waals surface area (Å²) in [6.07, 6.45) is 7.22. The summed E-state index contributed by atoms with van der Waals surface area (Å²) in [5.41, 5.74) is 3.10. The van der Waals surface area contributed by atoms with E-state index in [9.17, 15) is 4.79 Å². The summed E-state index contributed by atoms with van der Waals surface area (Å²) in [7, 11) is 4.21. The lowest BCUT2D eigenvalue weighted by atomic mass is 9.95. The van der Waals surface area contributed by atoms with Gasteiger partial charge in [0.15, 0.2) is 0 Å². The molecule has 1 fully saturated rings. The Morgan fingerprint density at radius 2 is 2.11 bits per heavy atom. The van der Waals surface area contributed by atoms with Crippen LogP contribution in [0.2, 0.25) is 0 Å². The molecule has 1 aliphatic rings. The smallest absolute Gasteiger partial charge is 0.254 e. The predicted molar refractivity (Wildman–Crippen MR) is 109 cm³/mol. The number of carbonyl (C=O) groups excluding carboxylic acids is 1. The normalized spacial score (nSPS) is 17.5. The van der Waals surface area contributed by atoms with E-state index in [0.717, 1.165) is 62.4 Å². The standard InChI is InChI=1S/C22H32N4O/c1-17-8-5-10-20(18(17)2)22(27)26-13-6-9-19(16-26)21-23-11-15-25(21)14-7-12-24(3)4/h5,8,10-11,15,19H,6-7,9,12-14,16H2,1-4H3/t19-/m1/s1. The Hall–Kier alpha value is -2.14. The van der Waals surface area contributed by atoms with Crippen LogP contribution in [0.1, 0.15) is 52.5 Å². The molecule has 0 unspecified atom stereocenters. The maximum absolute atomic E-state index is 13.1. The van der Waals surface area contributed by atoms with E-state index in [-0.39, 0.29) is 5.91 Å². The van der Waals surface area contributed by atoms with Crippen LogP contribution in [0.3, 0.4) is 0 Å². The average Bonchev–Trinajstić information content (AvgIpc) is 3.12. The second-order valence-corrected chi connectivity index (χ2v) is 7.97. The summed E-state index contributed by atoms with van der Waals surface area (Å²) in [5.74, 6) is 1.61. The summed E-state index contributed by atoms with van der Waals surface area (Å²) in [6, 6.07) is 6.00. The minimum atomic E-state index is 0.159. The van der Waals surface area contributed by atoms with Gasteiger partial charge >= 0.3 is 0 Å². The minimum Gasteiger partial charge on any atom is -0.338 e. The topological polar surface area (TPSA) is 41.4 Å². The highest BCUT2D eigenvalue weighted by molar-refractivity contribution is 5.96. The van der Waals surface area contributed by atoms with Gasteiger partial charge < -0.3 is 14.4 Å². The highest BCUT2D eigenvalue weighted by Gasteiger charge is 2.28. The van der Waals surface area contributed by atoms with Crippen LogP contribution in [-0.4, -0.2) is 59.0 Å². The van der Waals surface area contributed by atoms with Crippen molar-refractivity contribution in [1.82, 2.24) is 19.4 Å². The van der Waals surface area contributed by atoms with Gasteiger partial charge in [-0.1, -0.05) is 12.1 Å². The molecule has 0 bridgehead atoms. The summed E-state index contributed by atoms with van der Waals surface area (Å²) < 4.78 is 2.28. The highest BCUT2D eigenvalue weighted by Crippen LogP contribution is 2.27. The number of hydrogen-bond acceptors (Lipinski definition) is 3. The van der Waals surface area contributed by atoms with Gasteiger partial charge in [-0.25, -0.2) is 4.98 Å². The number of imidazole rings is 1. The molecular formula is C22H32N4O. The number of piperidine rings is 1. The lowest BCUT2D eigenvalue weighted by Crippen LogP contribution is -2.40. The van der Waals surface area contributed by atoms with Crippen LogP contribution in [0.25, 0.3) is 0 Å². The zero-order valence-electron chi connectivity index (χ0n) is 17.1. The van der Waals surface area contributed by atoms with Gasteiger partial charge in [-0.3, -0.25) is 4.79 Å². The third-order valence-electron chi connectivity index (χ3n) is 5.66. The molecule has 2 heterocycles. The Labute approximate surface area is 163 Å². The fourth-order valence-corrected chi connectivity index (χ4v) is 3.95. The number of amides is 1. The third kappa shape index (κ3) is 4.59. The monoisotopic (exact) mass is 368 g/mol. The van der Waals surface area contributed by atoms with Gasteiger partial charge in [0.2, 0.25) is 0 Å². The van der Waals surface area contributed by atoms with Crippen molar-refractivity contribution in [2.45, 2.75) is 45.6 Å². The minimum absolute atomic E-state index is 0.159. The van der Waals surface area contributed by atoms with E-state index in [1.807, 2.05) is 30.2 Å². The molecular weight excluding hydrogens is 336 g/mol. The first kappa shape index (κ1) is 19.6. The van der Waals surface area contributed by atoms with Crippen molar-refractivity contribution in [3.63, 3.8) is 0 Å². The molecule has 0 spiro atoms. The van der Waals surface area contributed by atoms with Gasteiger partial charge in [0.1, 0.15) is 5.82 Å². The van der Waals surface area contributed by atoms with E-state index in [1.165, 1.54) is 5.56 Å². The van der Waals surface area contributed by atoms with Crippen LogP contribution in [0, 0.1) is 13.8 Å². The summed E-state index contributed by atoms with van der Waals surface area (Å²) in [5, 5.41) is 0. The van der Waals surface area contributed by atoms with Gasteiger partial charge in [0, 0.05) is 43.5 Å². The van der Waals surface area contributed by atoms with Crippen molar-refractivity contribution in [2.24, 2.45) is 0 Å². The van der Waals surface area contributed by atoms with Crippen LogP contribution in [0.15, 0.2) is 30.6 Å². The predicted octanol–water partition coefficient (Wildman–Crippen LogP) is 3.47. The number of benzene rings is 1. The fraction of sp³-hybridized carbons (Fsp3) is 0.545. The van der Waals surface area contributed by atoms with Crippen molar-refractivity contribution in [1.29, 1.82) is 0 Å². The molecule has 27 heavy (non-hydrogen) atoms. The number of rotatable bonds is 6. The van der Waals surface area contributed by atoms with Crippen LogP contribution in [0.4, 0.5) is 0 Å². The first-order chi connectivity index (χ1) is 13.0. The van der Waals surface area contributed by atoms with Gasteiger partial charge in [0.05, 0.1) is 0 Å². The molecule has 1 aromatic heterocycles. The van der Waals surface area contributed by atoms with E-state index in [2.05, 4.69) is 47.7 Å². The third-order valence-corrected chi connectivity index (χ3v) is 5.66. The van der Waals surface area contributed by atoms with Gasteiger partial charge in [-0.2, -0.15) is 0 Å². The lowest BCUT2D eigenvalue weighted by molar-refractivity contribution is 0.0702. The summed E-state index contributed by atoms with van der Waals surface area (Å²) >= 11 is 0. The number of aryl methyl sites for hydroxylation is 2. The Morgan fingerprint density at radius 1 is 1.30 bits per heavy atom. The van der Waals surface area contributed by atoms with Crippen LogP contribution in [0.5, 0.6) is 0 Å². The summed E-state index contributed by atoms with van der Waals surface area (Å²) in [6.45, 7) is 7.76. The molecule has 5 heteroatoms. The quantitative estimate of drug-likeness (QED) is 0.784. The SMILES string of the molecule is Cc1cccc(C(=O)N2CCC[C@@H](c3nccn3CCCN(C)C)C2)c1C. The molecule has 0 radical (unpaired) electrons. The number of hydrogen-bond donors (Lipinski definition) is 0. The molecule has 0 saturated carbocycles. The van der Waals surface area contributed by atoms with E-state index in [1.54, 1.807) is 0 Å². The molecule has 1 amide bonds. The largest absolute Gasteiger partial charge is 0.338 e. The van der Waals surface area contributed by atoms with E-state index >= 15 is 0 Å². The van der Waals surface area contributed by atoms with E-state index in [4.69, 9.17) is 0 Å². The molecule has 0 N–H and O–H groups in total. The molecule has 2 aromatic rings. The number of likely N-dealkylation sites (tertiary alicyclic amines) is 1. The van der Waals surface area contributed by atoms with Gasteiger partial charge in [-0.15, -0.1) is 0 Å². The Bertz CT molecular complexity index is 780. The van der Waals surface area contributed by atoms with Crippen LogP contribution in [-0.2, 0) is 6.54 Å². The maximum atomic E-state index is 13.1. The average molecular weight is 369 g/mol. The van der Waals surface area contributed by atoms with Crippen LogP contribution < -0.4 is 0 Å². The molecule has 1 saturated heterocycles. The zero-order chi connectivity index (χ0) is 19.4. The van der Waals surface area contributed by atoms with Crippen molar-refractivity contribution >= 4 is 5.91 Å². The van der Waals surface area contributed by atoms with Crippen LogP contribution >= 0.6 is 0 Å². The van der Waals surface area contributed by atoms with Crippen molar-refractivity contribution in [3.05, 3.63) is 53.1 Å². The fourth-order valence-electron chi connectivity index (χ4n) is 3.95. The van der Waals surface area contributed by atoms with E-state index < -0.39 is 0 Å². The molecule has 1 aromatic carbocycles.